The summed E-state index contributed by atoms with van der Waals surface area (Å²) in [6.45, 7) is 7.61. The number of rotatable bonds is 5. The summed E-state index contributed by atoms with van der Waals surface area (Å²) in [5.74, 6) is 0.726. The summed E-state index contributed by atoms with van der Waals surface area (Å²) in [6.07, 6.45) is 2.57. The molecule has 2 heterocycles. The van der Waals surface area contributed by atoms with Crippen LogP contribution in [-0.4, -0.2) is 35.2 Å². The van der Waals surface area contributed by atoms with Crippen molar-refractivity contribution >= 4 is 17.4 Å². The topological polar surface area (TPSA) is 52.6 Å². The van der Waals surface area contributed by atoms with E-state index in [0.29, 0.717) is 12.5 Å². The van der Waals surface area contributed by atoms with E-state index in [9.17, 15) is 9.90 Å². The molecule has 0 saturated carbocycles. The zero-order valence-corrected chi connectivity index (χ0v) is 14.6. The van der Waals surface area contributed by atoms with Gasteiger partial charge in [0.2, 0.25) is 0 Å². The van der Waals surface area contributed by atoms with Crippen LogP contribution in [0, 0.1) is 11.8 Å². The third-order valence-electron chi connectivity index (χ3n) is 4.32. The number of aliphatic hydroxyl groups excluding tert-OH is 1. The molecule has 1 aliphatic rings. The molecule has 2 amide bonds. The quantitative estimate of drug-likeness (QED) is 0.869. The first-order valence-corrected chi connectivity index (χ1v) is 9.12. The molecule has 2 rings (SSSR count). The van der Waals surface area contributed by atoms with Gasteiger partial charge in [0.1, 0.15) is 0 Å². The molecule has 22 heavy (non-hydrogen) atoms. The number of piperidine rings is 1. The van der Waals surface area contributed by atoms with Crippen molar-refractivity contribution in [2.45, 2.75) is 52.2 Å². The smallest absolute Gasteiger partial charge is 0.317 e. The van der Waals surface area contributed by atoms with Gasteiger partial charge in [-0.25, -0.2) is 4.79 Å². The lowest BCUT2D eigenvalue weighted by atomic mass is 9.93. The van der Waals surface area contributed by atoms with Crippen molar-refractivity contribution in [3.8, 4) is 0 Å². The summed E-state index contributed by atoms with van der Waals surface area (Å²) in [5.41, 5.74) is 0. The maximum Gasteiger partial charge on any atom is 0.317 e. The number of urea groups is 1. The molecule has 1 aromatic rings. The molecular weight excluding hydrogens is 296 g/mol. The van der Waals surface area contributed by atoms with Gasteiger partial charge in [-0.2, -0.15) is 0 Å². The van der Waals surface area contributed by atoms with Gasteiger partial charge in [-0.1, -0.05) is 19.9 Å². The highest BCUT2D eigenvalue weighted by molar-refractivity contribution is 7.10. The van der Waals surface area contributed by atoms with Crippen LogP contribution in [0.1, 0.15) is 51.0 Å². The second-order valence-electron chi connectivity index (χ2n) is 6.74. The van der Waals surface area contributed by atoms with E-state index in [0.717, 1.165) is 25.8 Å². The van der Waals surface area contributed by atoms with E-state index in [1.807, 2.05) is 17.9 Å². The number of thiophene rings is 1. The fourth-order valence-corrected chi connectivity index (χ4v) is 3.83. The Balaban J connectivity index is 1.98. The molecule has 2 N–H and O–H groups in total. The van der Waals surface area contributed by atoms with Crippen LogP contribution in [0.15, 0.2) is 17.5 Å². The van der Waals surface area contributed by atoms with Gasteiger partial charge in [0.15, 0.2) is 0 Å². The van der Waals surface area contributed by atoms with Crippen LogP contribution in [0.2, 0.25) is 0 Å². The summed E-state index contributed by atoms with van der Waals surface area (Å²) in [4.78, 5) is 15.7. The number of carbonyl (C=O) groups is 1. The Morgan fingerprint density at radius 3 is 2.86 bits per heavy atom. The number of carbonyl (C=O) groups excluding carboxylic acids is 1. The SMILES string of the molecule is CC(C)CC(NC(=O)N1CCCC(C(C)O)C1)c1cccs1. The van der Waals surface area contributed by atoms with E-state index in [-0.39, 0.29) is 24.1 Å². The van der Waals surface area contributed by atoms with Gasteiger partial charge in [0.25, 0.3) is 0 Å². The van der Waals surface area contributed by atoms with E-state index in [2.05, 4.69) is 30.6 Å². The van der Waals surface area contributed by atoms with Crippen LogP contribution in [0.3, 0.4) is 0 Å². The zero-order valence-electron chi connectivity index (χ0n) is 13.8. The number of nitrogens with zero attached hydrogens (tertiary/aromatic N) is 1. The molecule has 3 unspecified atom stereocenters. The maximum absolute atomic E-state index is 12.6. The maximum atomic E-state index is 12.6. The Morgan fingerprint density at radius 1 is 1.50 bits per heavy atom. The molecule has 0 aliphatic carbocycles. The highest BCUT2D eigenvalue weighted by atomic mass is 32.1. The molecule has 4 nitrogen and oxygen atoms in total. The van der Waals surface area contributed by atoms with Gasteiger partial charge in [-0.3, -0.25) is 0 Å². The van der Waals surface area contributed by atoms with Crippen molar-refractivity contribution in [2.24, 2.45) is 11.8 Å². The van der Waals surface area contributed by atoms with Gasteiger partial charge >= 0.3 is 6.03 Å². The molecule has 124 valence electrons. The molecule has 5 heteroatoms. The minimum Gasteiger partial charge on any atom is -0.393 e. The third kappa shape index (κ3) is 4.71. The van der Waals surface area contributed by atoms with Crippen LogP contribution in [0.25, 0.3) is 0 Å². The summed E-state index contributed by atoms with van der Waals surface area (Å²) in [6, 6.07) is 4.21. The normalized spacial score (nSPS) is 21.7. The van der Waals surface area contributed by atoms with Crippen LogP contribution in [0.4, 0.5) is 4.79 Å². The number of nitrogens with one attached hydrogen (secondary N) is 1. The molecule has 1 saturated heterocycles. The van der Waals surface area contributed by atoms with Gasteiger partial charge in [-0.15, -0.1) is 11.3 Å². The fourth-order valence-electron chi connectivity index (χ4n) is 3.04. The number of aliphatic hydroxyl groups is 1. The number of amides is 2. The van der Waals surface area contributed by atoms with Crippen LogP contribution in [-0.2, 0) is 0 Å². The van der Waals surface area contributed by atoms with Crippen LogP contribution in [0.5, 0.6) is 0 Å². The summed E-state index contributed by atoms with van der Waals surface area (Å²) in [5, 5.41) is 15.0. The molecule has 1 aliphatic heterocycles. The van der Waals surface area contributed by atoms with Gasteiger partial charge in [0, 0.05) is 23.9 Å². The summed E-state index contributed by atoms with van der Waals surface area (Å²) >= 11 is 1.69. The van der Waals surface area contributed by atoms with Crippen molar-refractivity contribution in [3.63, 3.8) is 0 Å². The first kappa shape index (κ1) is 17.3. The average Bonchev–Trinajstić information content (AvgIpc) is 3.00. The standard InChI is InChI=1S/C17H28N2O2S/c1-12(2)10-15(16-7-5-9-22-16)18-17(21)19-8-4-6-14(11-19)13(3)20/h5,7,9,12-15,20H,4,6,8,10-11H2,1-3H3,(H,18,21). The lowest BCUT2D eigenvalue weighted by Crippen LogP contribution is -2.48. The summed E-state index contributed by atoms with van der Waals surface area (Å²) in [7, 11) is 0. The average molecular weight is 324 g/mol. The van der Waals surface area contributed by atoms with Gasteiger partial charge < -0.3 is 15.3 Å². The van der Waals surface area contributed by atoms with Gasteiger partial charge in [-0.05, 0) is 43.6 Å². The Bertz CT molecular complexity index is 459. The van der Waals surface area contributed by atoms with E-state index in [1.54, 1.807) is 11.3 Å². The monoisotopic (exact) mass is 324 g/mol. The number of hydrogen-bond donors (Lipinski definition) is 2. The second-order valence-corrected chi connectivity index (χ2v) is 7.72. The van der Waals surface area contributed by atoms with Gasteiger partial charge in [0.05, 0.1) is 12.1 Å². The third-order valence-corrected chi connectivity index (χ3v) is 5.30. The second kappa shape index (κ2) is 7.97. The summed E-state index contributed by atoms with van der Waals surface area (Å²) < 4.78 is 0. The minimum atomic E-state index is -0.348. The minimum absolute atomic E-state index is 0.00407. The number of likely N-dealkylation sites (tertiary alicyclic amines) is 1. The number of hydrogen-bond acceptors (Lipinski definition) is 3. The van der Waals surface area contributed by atoms with Crippen molar-refractivity contribution in [1.82, 2.24) is 10.2 Å². The molecule has 1 fully saturated rings. The lowest BCUT2D eigenvalue weighted by molar-refractivity contribution is 0.0731. The molecular formula is C17H28N2O2S. The lowest BCUT2D eigenvalue weighted by Gasteiger charge is -2.35. The molecule has 1 aromatic heterocycles. The fraction of sp³-hybridized carbons (Fsp3) is 0.706. The van der Waals surface area contributed by atoms with Crippen LogP contribution < -0.4 is 5.32 Å². The Kier molecular flexibility index (Phi) is 6.26. The molecule has 0 spiro atoms. The first-order chi connectivity index (χ1) is 10.5. The molecule has 0 aromatic carbocycles. The van der Waals surface area contributed by atoms with E-state index in [1.165, 1.54) is 4.88 Å². The highest BCUT2D eigenvalue weighted by Gasteiger charge is 2.28. The van der Waals surface area contributed by atoms with Crippen molar-refractivity contribution in [2.75, 3.05) is 13.1 Å². The van der Waals surface area contributed by atoms with Crippen molar-refractivity contribution in [3.05, 3.63) is 22.4 Å². The van der Waals surface area contributed by atoms with Crippen molar-refractivity contribution < 1.29 is 9.90 Å². The molecule has 3 atom stereocenters. The Morgan fingerprint density at radius 2 is 2.27 bits per heavy atom. The van der Waals surface area contributed by atoms with Crippen LogP contribution >= 0.6 is 11.3 Å². The van der Waals surface area contributed by atoms with E-state index in [4.69, 9.17) is 0 Å². The predicted molar refractivity (Wildman–Crippen MR) is 91.0 cm³/mol. The predicted octanol–water partition coefficient (Wildman–Crippen LogP) is 3.64. The Labute approximate surface area is 137 Å². The molecule has 0 radical (unpaired) electrons. The zero-order chi connectivity index (χ0) is 16.1. The van der Waals surface area contributed by atoms with E-state index >= 15 is 0 Å². The van der Waals surface area contributed by atoms with E-state index < -0.39 is 0 Å². The first-order valence-electron chi connectivity index (χ1n) is 8.24. The largest absolute Gasteiger partial charge is 0.393 e. The molecule has 0 bridgehead atoms. The Hall–Kier alpha value is -1.07. The highest BCUT2D eigenvalue weighted by Crippen LogP contribution is 2.26. The van der Waals surface area contributed by atoms with Crippen molar-refractivity contribution in [1.29, 1.82) is 0 Å².